The Morgan fingerprint density at radius 1 is 1.00 bits per heavy atom. The molecule has 0 aliphatic rings. The Balaban J connectivity index is 2.13. The maximum atomic E-state index is 12.1. The van der Waals surface area contributed by atoms with E-state index in [1.54, 1.807) is 42.5 Å². The minimum Gasteiger partial charge on any atom is -0.207 e. The Morgan fingerprint density at radius 2 is 1.65 bits per heavy atom. The summed E-state index contributed by atoms with van der Waals surface area (Å²) >= 11 is 13.8. The van der Waals surface area contributed by atoms with Crippen LogP contribution in [0.3, 0.4) is 0 Å². The molecule has 7 heteroatoms. The van der Waals surface area contributed by atoms with Crippen molar-refractivity contribution >= 4 is 55.8 Å². The highest BCUT2D eigenvalue weighted by molar-refractivity contribution is 14.1. The molecule has 0 saturated heterocycles. The number of hydrogen-bond acceptors (Lipinski definition) is 2. The van der Waals surface area contributed by atoms with E-state index in [0.29, 0.717) is 10.0 Å². The summed E-state index contributed by atoms with van der Waals surface area (Å²) in [7, 11) is -3.53. The molecule has 0 saturated carbocycles. The number of rotatable bonds is 4. The Bertz CT molecular complexity index is 718. The first-order valence-electron chi connectivity index (χ1n) is 5.58. The first kappa shape index (κ1) is 16.0. The van der Waals surface area contributed by atoms with Gasteiger partial charge in [-0.05, 0) is 64.6 Å². The molecule has 0 amide bonds. The molecule has 0 aromatic heterocycles. The molecular weight excluding hydrogens is 432 g/mol. The fourth-order valence-corrected chi connectivity index (χ4v) is 3.22. The van der Waals surface area contributed by atoms with Gasteiger partial charge < -0.3 is 0 Å². The van der Waals surface area contributed by atoms with Gasteiger partial charge in [0.1, 0.15) is 0 Å². The monoisotopic (exact) mass is 441 g/mol. The molecule has 0 fully saturated rings. The van der Waals surface area contributed by atoms with Crippen molar-refractivity contribution in [2.45, 2.75) is 11.4 Å². The van der Waals surface area contributed by atoms with E-state index in [9.17, 15) is 8.42 Å². The van der Waals surface area contributed by atoms with Crippen molar-refractivity contribution in [2.24, 2.45) is 0 Å². The second-order valence-electron chi connectivity index (χ2n) is 4.03. The second-order valence-corrected chi connectivity index (χ2v) is 7.85. The summed E-state index contributed by atoms with van der Waals surface area (Å²) in [5.41, 5.74) is 0.744. The number of halogens is 3. The van der Waals surface area contributed by atoms with Crippen LogP contribution >= 0.6 is 45.8 Å². The van der Waals surface area contributed by atoms with Gasteiger partial charge in [0.25, 0.3) is 0 Å². The molecule has 2 rings (SSSR count). The normalized spacial score (nSPS) is 11.6. The van der Waals surface area contributed by atoms with Crippen molar-refractivity contribution in [3.8, 4) is 0 Å². The topological polar surface area (TPSA) is 46.2 Å². The van der Waals surface area contributed by atoms with Gasteiger partial charge in [-0.25, -0.2) is 13.1 Å². The predicted octanol–water partition coefficient (Wildman–Crippen LogP) is 4.08. The van der Waals surface area contributed by atoms with E-state index in [0.717, 1.165) is 9.13 Å². The first-order valence-corrected chi connectivity index (χ1v) is 8.89. The minimum atomic E-state index is -3.53. The van der Waals surface area contributed by atoms with Gasteiger partial charge in [0.15, 0.2) is 0 Å². The lowest BCUT2D eigenvalue weighted by Crippen LogP contribution is -2.23. The van der Waals surface area contributed by atoms with E-state index in [1.165, 1.54) is 0 Å². The van der Waals surface area contributed by atoms with E-state index < -0.39 is 10.0 Å². The van der Waals surface area contributed by atoms with Gasteiger partial charge in [0, 0.05) is 10.1 Å². The molecule has 1 N–H and O–H groups in total. The Labute approximate surface area is 141 Å². The average Bonchev–Trinajstić information content (AvgIpc) is 2.41. The molecule has 0 bridgehead atoms. The third kappa shape index (κ3) is 4.08. The number of benzene rings is 2. The van der Waals surface area contributed by atoms with E-state index >= 15 is 0 Å². The highest BCUT2D eigenvalue weighted by atomic mass is 127. The fraction of sp³-hybridized carbons (Fsp3) is 0.0769. The van der Waals surface area contributed by atoms with Crippen LogP contribution in [0.25, 0.3) is 0 Å². The third-order valence-corrected chi connectivity index (χ3v) is 5.45. The molecule has 0 unspecified atom stereocenters. The van der Waals surface area contributed by atoms with Gasteiger partial charge in [-0.15, -0.1) is 0 Å². The van der Waals surface area contributed by atoms with Crippen LogP contribution in [0, 0.1) is 3.57 Å². The summed E-state index contributed by atoms with van der Waals surface area (Å²) in [6.45, 7) is 0.158. The fourth-order valence-electron chi connectivity index (χ4n) is 1.53. The van der Waals surface area contributed by atoms with E-state index in [1.807, 2.05) is 0 Å². The largest absolute Gasteiger partial charge is 0.240 e. The van der Waals surface area contributed by atoms with Crippen LogP contribution in [0.4, 0.5) is 0 Å². The van der Waals surface area contributed by atoms with Crippen LogP contribution in [-0.2, 0) is 16.6 Å². The molecule has 0 aliphatic carbocycles. The lowest BCUT2D eigenvalue weighted by Gasteiger charge is -2.07. The van der Waals surface area contributed by atoms with E-state index in [2.05, 4.69) is 27.3 Å². The molecule has 20 heavy (non-hydrogen) atoms. The summed E-state index contributed by atoms with van der Waals surface area (Å²) in [4.78, 5) is 0.234. The Hall–Kier alpha value is -0.340. The van der Waals surface area contributed by atoms with Gasteiger partial charge in [-0.1, -0.05) is 29.3 Å². The minimum absolute atomic E-state index is 0.158. The Kier molecular flexibility index (Phi) is 5.30. The molecule has 0 spiro atoms. The van der Waals surface area contributed by atoms with Crippen LogP contribution in [0.2, 0.25) is 10.0 Å². The van der Waals surface area contributed by atoms with Crippen molar-refractivity contribution in [1.82, 2.24) is 4.72 Å². The molecule has 0 aliphatic heterocycles. The lowest BCUT2D eigenvalue weighted by atomic mass is 10.2. The van der Waals surface area contributed by atoms with Crippen molar-refractivity contribution in [2.75, 3.05) is 0 Å². The van der Waals surface area contributed by atoms with Crippen molar-refractivity contribution in [3.63, 3.8) is 0 Å². The molecular formula is C13H10Cl2INO2S. The van der Waals surface area contributed by atoms with Gasteiger partial charge in [0.2, 0.25) is 10.0 Å². The molecule has 2 aromatic rings. The third-order valence-electron chi connectivity index (χ3n) is 2.57. The van der Waals surface area contributed by atoms with Crippen LogP contribution in [0.15, 0.2) is 47.4 Å². The van der Waals surface area contributed by atoms with E-state index in [4.69, 9.17) is 23.2 Å². The van der Waals surface area contributed by atoms with Crippen LogP contribution in [-0.4, -0.2) is 8.42 Å². The van der Waals surface area contributed by atoms with Crippen molar-refractivity contribution < 1.29 is 8.42 Å². The van der Waals surface area contributed by atoms with Gasteiger partial charge in [-0.3, -0.25) is 0 Å². The standard InChI is InChI=1S/C13H10Cl2INO2S/c14-12-6-1-9(7-13(12)15)8-17-20(18,19)11-4-2-10(16)3-5-11/h1-7,17H,8H2. The molecule has 0 radical (unpaired) electrons. The van der Waals surface area contributed by atoms with Crippen LogP contribution < -0.4 is 4.72 Å². The molecule has 0 atom stereocenters. The maximum Gasteiger partial charge on any atom is 0.240 e. The highest BCUT2D eigenvalue weighted by Gasteiger charge is 2.13. The quantitative estimate of drug-likeness (QED) is 0.726. The van der Waals surface area contributed by atoms with E-state index in [-0.39, 0.29) is 11.4 Å². The maximum absolute atomic E-state index is 12.1. The summed E-state index contributed by atoms with van der Waals surface area (Å²) < 4.78 is 27.7. The number of nitrogens with one attached hydrogen (secondary N) is 1. The molecule has 0 heterocycles. The van der Waals surface area contributed by atoms with Gasteiger partial charge in [0.05, 0.1) is 14.9 Å². The number of sulfonamides is 1. The zero-order valence-electron chi connectivity index (χ0n) is 10.1. The van der Waals surface area contributed by atoms with Gasteiger partial charge >= 0.3 is 0 Å². The Morgan fingerprint density at radius 3 is 2.25 bits per heavy atom. The lowest BCUT2D eigenvalue weighted by molar-refractivity contribution is 0.581. The first-order chi connectivity index (χ1) is 9.38. The highest BCUT2D eigenvalue weighted by Crippen LogP contribution is 2.22. The summed E-state index contributed by atoms with van der Waals surface area (Å²) in [5, 5.41) is 0.841. The zero-order valence-corrected chi connectivity index (χ0v) is 14.6. The summed E-state index contributed by atoms with van der Waals surface area (Å²) in [5.74, 6) is 0. The van der Waals surface area contributed by atoms with Crippen molar-refractivity contribution in [1.29, 1.82) is 0 Å². The second kappa shape index (κ2) is 6.62. The predicted molar refractivity (Wildman–Crippen MR) is 89.6 cm³/mol. The zero-order chi connectivity index (χ0) is 14.8. The van der Waals surface area contributed by atoms with Crippen LogP contribution in [0.1, 0.15) is 5.56 Å². The molecule has 2 aromatic carbocycles. The smallest absolute Gasteiger partial charge is 0.207 e. The summed E-state index contributed by atoms with van der Waals surface area (Å²) in [6, 6.07) is 11.6. The SMILES string of the molecule is O=S(=O)(NCc1ccc(Cl)c(Cl)c1)c1ccc(I)cc1. The van der Waals surface area contributed by atoms with Crippen LogP contribution in [0.5, 0.6) is 0 Å². The average molecular weight is 442 g/mol. The van der Waals surface area contributed by atoms with Crippen molar-refractivity contribution in [3.05, 3.63) is 61.6 Å². The number of hydrogen-bond donors (Lipinski definition) is 1. The molecule has 3 nitrogen and oxygen atoms in total. The molecule has 106 valence electrons. The van der Waals surface area contributed by atoms with Gasteiger partial charge in [-0.2, -0.15) is 0 Å². The summed E-state index contributed by atoms with van der Waals surface area (Å²) in [6.07, 6.45) is 0.